The molecule has 0 fully saturated rings. The van der Waals surface area contributed by atoms with E-state index in [0.29, 0.717) is 5.92 Å². The van der Waals surface area contributed by atoms with E-state index in [-0.39, 0.29) is 0 Å². The second-order valence-electron chi connectivity index (χ2n) is 4.26. The molecule has 0 aromatic carbocycles. The smallest absolute Gasteiger partial charge is 0.0109 e. The Morgan fingerprint density at radius 2 is 1.40 bits per heavy atom. The standard InChI is InChI=1S/C12H29N3/c1-5-14(6-2)8-9-15(7-3)11-12(4)10-13/h12H,5-11,13H2,1-4H3. The molecule has 3 nitrogen and oxygen atoms in total. The maximum Gasteiger partial charge on any atom is 0.0109 e. The molecule has 3 heteroatoms. The van der Waals surface area contributed by atoms with E-state index in [1.165, 1.54) is 13.1 Å². The molecule has 15 heavy (non-hydrogen) atoms. The van der Waals surface area contributed by atoms with Crippen molar-refractivity contribution in [2.24, 2.45) is 11.7 Å². The van der Waals surface area contributed by atoms with Crippen LogP contribution < -0.4 is 5.73 Å². The summed E-state index contributed by atoms with van der Waals surface area (Å²) in [7, 11) is 0. The topological polar surface area (TPSA) is 32.5 Å². The quantitative estimate of drug-likeness (QED) is 0.628. The van der Waals surface area contributed by atoms with Crippen LogP contribution in [0, 0.1) is 5.92 Å². The maximum absolute atomic E-state index is 5.65. The van der Waals surface area contributed by atoms with Crippen LogP contribution in [0.5, 0.6) is 0 Å². The second-order valence-corrected chi connectivity index (χ2v) is 4.26. The summed E-state index contributed by atoms with van der Waals surface area (Å²) in [5.41, 5.74) is 5.65. The van der Waals surface area contributed by atoms with Crippen LogP contribution in [-0.2, 0) is 0 Å². The summed E-state index contributed by atoms with van der Waals surface area (Å²) in [6, 6.07) is 0. The molecule has 1 atom stereocenters. The molecule has 2 N–H and O–H groups in total. The zero-order valence-corrected chi connectivity index (χ0v) is 11.0. The van der Waals surface area contributed by atoms with Gasteiger partial charge < -0.3 is 15.5 Å². The first-order valence-corrected chi connectivity index (χ1v) is 6.32. The average Bonchev–Trinajstić information content (AvgIpc) is 2.28. The molecule has 0 aliphatic rings. The lowest BCUT2D eigenvalue weighted by molar-refractivity contribution is 0.203. The van der Waals surface area contributed by atoms with E-state index >= 15 is 0 Å². The lowest BCUT2D eigenvalue weighted by Crippen LogP contribution is -2.38. The van der Waals surface area contributed by atoms with Crippen molar-refractivity contribution >= 4 is 0 Å². The van der Waals surface area contributed by atoms with Crippen molar-refractivity contribution in [1.29, 1.82) is 0 Å². The van der Waals surface area contributed by atoms with Gasteiger partial charge in [0.05, 0.1) is 0 Å². The van der Waals surface area contributed by atoms with Crippen molar-refractivity contribution < 1.29 is 0 Å². The van der Waals surface area contributed by atoms with Crippen molar-refractivity contribution in [2.75, 3.05) is 45.8 Å². The summed E-state index contributed by atoms with van der Waals surface area (Å²) in [6.45, 7) is 16.6. The molecule has 0 rings (SSSR count). The molecule has 0 saturated heterocycles. The van der Waals surface area contributed by atoms with Gasteiger partial charge in [0.15, 0.2) is 0 Å². The van der Waals surface area contributed by atoms with Crippen LogP contribution in [0.25, 0.3) is 0 Å². The van der Waals surface area contributed by atoms with E-state index in [1.807, 2.05) is 0 Å². The Bertz CT molecular complexity index is 135. The molecular formula is C12H29N3. The van der Waals surface area contributed by atoms with Crippen molar-refractivity contribution in [3.63, 3.8) is 0 Å². The number of rotatable bonds is 9. The van der Waals surface area contributed by atoms with E-state index < -0.39 is 0 Å². The molecule has 0 saturated carbocycles. The second kappa shape index (κ2) is 9.13. The van der Waals surface area contributed by atoms with Crippen LogP contribution in [0.2, 0.25) is 0 Å². The number of hydrogen-bond donors (Lipinski definition) is 1. The highest BCUT2D eigenvalue weighted by atomic mass is 15.2. The monoisotopic (exact) mass is 215 g/mol. The van der Waals surface area contributed by atoms with E-state index in [1.54, 1.807) is 0 Å². The first-order chi connectivity index (χ1) is 7.17. The minimum atomic E-state index is 0.613. The molecule has 0 spiro atoms. The van der Waals surface area contributed by atoms with E-state index in [2.05, 4.69) is 37.5 Å². The summed E-state index contributed by atoms with van der Waals surface area (Å²) in [5, 5.41) is 0. The number of likely N-dealkylation sites (N-methyl/N-ethyl adjacent to an activating group) is 2. The fourth-order valence-electron chi connectivity index (χ4n) is 1.72. The zero-order chi connectivity index (χ0) is 11.7. The van der Waals surface area contributed by atoms with Crippen molar-refractivity contribution in [1.82, 2.24) is 9.80 Å². The minimum absolute atomic E-state index is 0.613. The van der Waals surface area contributed by atoms with Crippen LogP contribution in [0.1, 0.15) is 27.7 Å². The molecule has 92 valence electrons. The Labute approximate surface area is 95.6 Å². The molecule has 0 amide bonds. The predicted octanol–water partition coefficient (Wildman–Crippen LogP) is 1.24. The van der Waals surface area contributed by atoms with Gasteiger partial charge in [-0.2, -0.15) is 0 Å². The van der Waals surface area contributed by atoms with Crippen LogP contribution >= 0.6 is 0 Å². The number of nitrogens with two attached hydrogens (primary N) is 1. The summed E-state index contributed by atoms with van der Waals surface area (Å²) in [6.07, 6.45) is 0. The Hall–Kier alpha value is -0.120. The molecule has 1 unspecified atom stereocenters. The SMILES string of the molecule is CCN(CC)CCN(CC)CC(C)CN. The third kappa shape index (κ3) is 6.88. The predicted molar refractivity (Wildman–Crippen MR) is 68.1 cm³/mol. The van der Waals surface area contributed by atoms with Crippen molar-refractivity contribution in [2.45, 2.75) is 27.7 Å². The Morgan fingerprint density at radius 1 is 0.933 bits per heavy atom. The van der Waals surface area contributed by atoms with Gasteiger partial charge in [-0.1, -0.05) is 27.7 Å². The van der Waals surface area contributed by atoms with Crippen molar-refractivity contribution in [3.05, 3.63) is 0 Å². The molecule has 0 aromatic heterocycles. The third-order valence-electron chi connectivity index (χ3n) is 3.05. The lowest BCUT2D eigenvalue weighted by Gasteiger charge is -2.27. The van der Waals surface area contributed by atoms with E-state index in [4.69, 9.17) is 5.73 Å². The minimum Gasteiger partial charge on any atom is -0.330 e. The highest BCUT2D eigenvalue weighted by Gasteiger charge is 2.08. The van der Waals surface area contributed by atoms with Crippen LogP contribution in [0.3, 0.4) is 0 Å². The Balaban J connectivity index is 3.78. The molecular weight excluding hydrogens is 186 g/mol. The molecule has 0 heterocycles. The molecule has 0 radical (unpaired) electrons. The van der Waals surface area contributed by atoms with Crippen LogP contribution in [0.15, 0.2) is 0 Å². The Morgan fingerprint density at radius 3 is 1.80 bits per heavy atom. The first kappa shape index (κ1) is 14.9. The summed E-state index contributed by atoms with van der Waals surface area (Å²) >= 11 is 0. The van der Waals surface area contributed by atoms with Crippen LogP contribution in [-0.4, -0.2) is 55.6 Å². The summed E-state index contributed by atoms with van der Waals surface area (Å²) in [4.78, 5) is 4.96. The summed E-state index contributed by atoms with van der Waals surface area (Å²) in [5.74, 6) is 0.613. The molecule has 0 aliphatic heterocycles. The Kier molecular flexibility index (Phi) is 9.06. The van der Waals surface area contributed by atoms with Crippen LogP contribution in [0.4, 0.5) is 0 Å². The molecule has 0 aliphatic carbocycles. The van der Waals surface area contributed by atoms with Gasteiger partial charge in [0.1, 0.15) is 0 Å². The highest BCUT2D eigenvalue weighted by molar-refractivity contribution is 4.64. The fraction of sp³-hybridized carbons (Fsp3) is 1.00. The first-order valence-electron chi connectivity index (χ1n) is 6.32. The van der Waals surface area contributed by atoms with E-state index in [9.17, 15) is 0 Å². The van der Waals surface area contributed by atoms with Gasteiger partial charge in [-0.3, -0.25) is 0 Å². The maximum atomic E-state index is 5.65. The van der Waals surface area contributed by atoms with Gasteiger partial charge in [0.2, 0.25) is 0 Å². The fourth-order valence-corrected chi connectivity index (χ4v) is 1.72. The van der Waals surface area contributed by atoms with Gasteiger partial charge in [0.25, 0.3) is 0 Å². The van der Waals surface area contributed by atoms with Gasteiger partial charge in [0, 0.05) is 19.6 Å². The highest BCUT2D eigenvalue weighted by Crippen LogP contribution is 1.98. The summed E-state index contributed by atoms with van der Waals surface area (Å²) < 4.78 is 0. The lowest BCUT2D eigenvalue weighted by atomic mass is 10.1. The van der Waals surface area contributed by atoms with E-state index in [0.717, 1.165) is 32.7 Å². The third-order valence-corrected chi connectivity index (χ3v) is 3.05. The normalized spacial score (nSPS) is 13.8. The zero-order valence-electron chi connectivity index (χ0n) is 11.0. The largest absolute Gasteiger partial charge is 0.330 e. The van der Waals surface area contributed by atoms with Gasteiger partial charge in [-0.05, 0) is 32.1 Å². The molecule has 0 aromatic rings. The van der Waals surface area contributed by atoms with Crippen molar-refractivity contribution in [3.8, 4) is 0 Å². The number of nitrogens with zero attached hydrogens (tertiary/aromatic N) is 2. The number of hydrogen-bond acceptors (Lipinski definition) is 3. The molecule has 0 bridgehead atoms. The average molecular weight is 215 g/mol. The van der Waals surface area contributed by atoms with Gasteiger partial charge in [-0.15, -0.1) is 0 Å². The van der Waals surface area contributed by atoms with Gasteiger partial charge in [-0.25, -0.2) is 0 Å². The van der Waals surface area contributed by atoms with Gasteiger partial charge >= 0.3 is 0 Å².